The van der Waals surface area contributed by atoms with Crippen molar-refractivity contribution in [1.29, 1.82) is 0 Å². The predicted octanol–water partition coefficient (Wildman–Crippen LogP) is 3.09. The van der Waals surface area contributed by atoms with E-state index >= 15 is 0 Å². The molecule has 3 aromatic rings. The van der Waals surface area contributed by atoms with Crippen LogP contribution in [0, 0.1) is 20.8 Å². The van der Waals surface area contributed by atoms with Gasteiger partial charge in [-0.25, -0.2) is 4.79 Å². The minimum atomic E-state index is -0.371. The Morgan fingerprint density at radius 2 is 1.97 bits per heavy atom. The molecule has 8 heteroatoms. The maximum Gasteiger partial charge on any atom is 0.339 e. The maximum atomic E-state index is 12.5. The number of carbonyl (C=O) groups is 1. The SMILES string of the molecule is CCCc1noc(CN(C)C(=O)COc2cc(C)cc3oc(=O)c(C)c(C)c23)n1. The van der Waals surface area contributed by atoms with Crippen LogP contribution in [0.4, 0.5) is 0 Å². The minimum Gasteiger partial charge on any atom is -0.483 e. The van der Waals surface area contributed by atoms with Gasteiger partial charge in [0.05, 0.1) is 11.9 Å². The van der Waals surface area contributed by atoms with Crippen LogP contribution < -0.4 is 10.4 Å². The second-order valence-corrected chi connectivity index (χ2v) is 7.17. The molecule has 29 heavy (non-hydrogen) atoms. The number of aryl methyl sites for hydroxylation is 3. The summed E-state index contributed by atoms with van der Waals surface area (Å²) >= 11 is 0. The Morgan fingerprint density at radius 1 is 1.21 bits per heavy atom. The summed E-state index contributed by atoms with van der Waals surface area (Å²) < 4.78 is 16.4. The highest BCUT2D eigenvalue weighted by molar-refractivity contribution is 5.88. The van der Waals surface area contributed by atoms with Crippen LogP contribution in [0.5, 0.6) is 5.75 Å². The van der Waals surface area contributed by atoms with Gasteiger partial charge in [-0.1, -0.05) is 12.1 Å². The molecule has 3 rings (SSSR count). The van der Waals surface area contributed by atoms with Crippen LogP contribution in [0.15, 0.2) is 25.9 Å². The standard InChI is InChI=1S/C21H25N3O5/c1-6-7-17-22-18(29-23-17)10-24(5)19(25)11-27-15-8-12(2)9-16-20(15)13(3)14(4)21(26)28-16/h8-9H,6-7,10-11H2,1-5H3. The fourth-order valence-electron chi connectivity index (χ4n) is 3.02. The number of nitrogens with zero attached hydrogens (tertiary/aromatic N) is 3. The van der Waals surface area contributed by atoms with E-state index in [-0.39, 0.29) is 24.7 Å². The van der Waals surface area contributed by atoms with E-state index in [2.05, 4.69) is 10.1 Å². The fraction of sp³-hybridized carbons (Fsp3) is 0.429. The van der Waals surface area contributed by atoms with Crippen LogP contribution in [0.2, 0.25) is 0 Å². The molecular weight excluding hydrogens is 374 g/mol. The molecule has 2 aromatic heterocycles. The zero-order valence-electron chi connectivity index (χ0n) is 17.4. The van der Waals surface area contributed by atoms with E-state index in [1.807, 2.05) is 26.8 Å². The summed E-state index contributed by atoms with van der Waals surface area (Å²) in [5.74, 6) is 1.30. The predicted molar refractivity (Wildman–Crippen MR) is 107 cm³/mol. The van der Waals surface area contributed by atoms with Gasteiger partial charge in [0.2, 0.25) is 5.89 Å². The van der Waals surface area contributed by atoms with E-state index in [1.165, 1.54) is 4.90 Å². The third-order valence-electron chi connectivity index (χ3n) is 4.79. The van der Waals surface area contributed by atoms with Gasteiger partial charge in [-0.3, -0.25) is 4.79 Å². The number of aromatic nitrogens is 2. The third kappa shape index (κ3) is 4.47. The van der Waals surface area contributed by atoms with Crippen LogP contribution in [0.25, 0.3) is 11.0 Å². The first-order valence-corrected chi connectivity index (χ1v) is 9.53. The van der Waals surface area contributed by atoms with Crippen molar-refractivity contribution in [1.82, 2.24) is 15.0 Å². The van der Waals surface area contributed by atoms with Crippen molar-refractivity contribution in [2.45, 2.75) is 47.1 Å². The normalized spacial score (nSPS) is 11.1. The highest BCUT2D eigenvalue weighted by atomic mass is 16.5. The molecule has 0 radical (unpaired) electrons. The number of hydrogen-bond acceptors (Lipinski definition) is 7. The van der Waals surface area contributed by atoms with Gasteiger partial charge in [0, 0.05) is 19.0 Å². The maximum absolute atomic E-state index is 12.5. The van der Waals surface area contributed by atoms with Gasteiger partial charge >= 0.3 is 5.63 Å². The molecule has 0 aliphatic heterocycles. The highest BCUT2D eigenvalue weighted by Crippen LogP contribution is 2.30. The summed E-state index contributed by atoms with van der Waals surface area (Å²) in [7, 11) is 1.65. The quantitative estimate of drug-likeness (QED) is 0.563. The molecule has 0 saturated heterocycles. The molecule has 154 valence electrons. The number of amides is 1. The molecule has 0 N–H and O–H groups in total. The van der Waals surface area contributed by atoms with Crippen molar-refractivity contribution in [3.8, 4) is 5.75 Å². The summed E-state index contributed by atoms with van der Waals surface area (Å²) in [5, 5.41) is 4.59. The van der Waals surface area contributed by atoms with Gasteiger partial charge in [-0.05, 0) is 50.5 Å². The van der Waals surface area contributed by atoms with Crippen LogP contribution >= 0.6 is 0 Å². The number of benzene rings is 1. The van der Waals surface area contributed by atoms with Crippen molar-refractivity contribution in [3.63, 3.8) is 0 Å². The Labute approximate surface area is 168 Å². The van der Waals surface area contributed by atoms with Gasteiger partial charge in [0.25, 0.3) is 5.91 Å². The zero-order valence-corrected chi connectivity index (χ0v) is 17.4. The molecule has 0 aliphatic carbocycles. The van der Waals surface area contributed by atoms with Crippen LogP contribution in [-0.2, 0) is 17.8 Å². The lowest BCUT2D eigenvalue weighted by Crippen LogP contribution is -2.31. The topological polar surface area (TPSA) is 98.7 Å². The van der Waals surface area contributed by atoms with Crippen LogP contribution in [-0.4, -0.2) is 34.6 Å². The Hall–Kier alpha value is -3.16. The number of ether oxygens (including phenoxy) is 1. The van der Waals surface area contributed by atoms with Gasteiger partial charge in [0.1, 0.15) is 11.3 Å². The lowest BCUT2D eigenvalue weighted by molar-refractivity contribution is -0.132. The van der Waals surface area contributed by atoms with E-state index in [0.717, 1.165) is 24.0 Å². The van der Waals surface area contributed by atoms with E-state index in [4.69, 9.17) is 13.7 Å². The molecule has 0 aliphatic rings. The molecule has 0 bridgehead atoms. The third-order valence-corrected chi connectivity index (χ3v) is 4.79. The van der Waals surface area contributed by atoms with Crippen molar-refractivity contribution >= 4 is 16.9 Å². The molecule has 0 unspecified atom stereocenters. The summed E-state index contributed by atoms with van der Waals surface area (Å²) in [5.41, 5.74) is 2.25. The fourth-order valence-corrected chi connectivity index (χ4v) is 3.02. The van der Waals surface area contributed by atoms with Gasteiger partial charge in [-0.2, -0.15) is 4.98 Å². The Morgan fingerprint density at radius 3 is 2.69 bits per heavy atom. The monoisotopic (exact) mass is 399 g/mol. The smallest absolute Gasteiger partial charge is 0.339 e. The minimum absolute atomic E-state index is 0.164. The zero-order chi connectivity index (χ0) is 21.1. The summed E-state index contributed by atoms with van der Waals surface area (Å²) in [6.07, 6.45) is 1.66. The second kappa shape index (κ2) is 8.46. The second-order valence-electron chi connectivity index (χ2n) is 7.17. The van der Waals surface area contributed by atoms with E-state index < -0.39 is 0 Å². The molecule has 1 aromatic carbocycles. The first kappa shape index (κ1) is 20.6. The molecule has 0 atom stereocenters. The number of likely N-dealkylation sites (N-methyl/N-ethyl adjacent to an activating group) is 1. The molecular formula is C21H25N3O5. The largest absolute Gasteiger partial charge is 0.483 e. The van der Waals surface area contributed by atoms with E-state index in [0.29, 0.717) is 34.0 Å². The van der Waals surface area contributed by atoms with Crippen molar-refractivity contribution in [3.05, 3.63) is 51.0 Å². The Balaban J connectivity index is 1.74. The van der Waals surface area contributed by atoms with E-state index in [1.54, 1.807) is 20.0 Å². The Bertz CT molecular complexity index is 1100. The van der Waals surface area contributed by atoms with E-state index in [9.17, 15) is 9.59 Å². The lowest BCUT2D eigenvalue weighted by atomic mass is 10.0. The van der Waals surface area contributed by atoms with Crippen molar-refractivity contribution < 1.29 is 18.5 Å². The van der Waals surface area contributed by atoms with Crippen molar-refractivity contribution in [2.75, 3.05) is 13.7 Å². The van der Waals surface area contributed by atoms with Crippen molar-refractivity contribution in [2.24, 2.45) is 0 Å². The molecule has 1 amide bonds. The van der Waals surface area contributed by atoms with Crippen LogP contribution in [0.1, 0.15) is 41.8 Å². The number of hydrogen-bond donors (Lipinski definition) is 0. The highest BCUT2D eigenvalue weighted by Gasteiger charge is 2.17. The van der Waals surface area contributed by atoms with Gasteiger partial charge in [0.15, 0.2) is 12.4 Å². The number of rotatable bonds is 7. The number of fused-ring (bicyclic) bond motifs is 1. The Kier molecular flexibility index (Phi) is 6.00. The summed E-state index contributed by atoms with van der Waals surface area (Å²) in [6.45, 7) is 7.50. The molecule has 2 heterocycles. The summed E-state index contributed by atoms with van der Waals surface area (Å²) in [4.78, 5) is 30.2. The molecule has 0 saturated carbocycles. The first-order chi connectivity index (χ1) is 13.8. The molecule has 0 fully saturated rings. The number of carbonyl (C=O) groups excluding carboxylic acids is 1. The van der Waals surface area contributed by atoms with Gasteiger partial charge in [-0.15, -0.1) is 0 Å². The average molecular weight is 399 g/mol. The summed E-state index contributed by atoms with van der Waals surface area (Å²) in [6, 6.07) is 3.62. The molecule has 8 nitrogen and oxygen atoms in total. The average Bonchev–Trinajstić information content (AvgIpc) is 3.10. The van der Waals surface area contributed by atoms with Crippen LogP contribution in [0.3, 0.4) is 0 Å². The lowest BCUT2D eigenvalue weighted by Gasteiger charge is -2.17. The first-order valence-electron chi connectivity index (χ1n) is 9.53. The van der Waals surface area contributed by atoms with Gasteiger partial charge < -0.3 is 18.6 Å². The molecule has 0 spiro atoms.